The van der Waals surface area contributed by atoms with Crippen molar-refractivity contribution in [2.24, 2.45) is 5.73 Å². The Hall–Kier alpha value is -2.41. The first kappa shape index (κ1) is 19.9. The number of anilines is 2. The van der Waals surface area contributed by atoms with Crippen molar-refractivity contribution >= 4 is 35.6 Å². The van der Waals surface area contributed by atoms with Crippen LogP contribution in [0.25, 0.3) is 0 Å². The first-order valence-corrected chi connectivity index (χ1v) is 8.15. The van der Waals surface area contributed by atoms with Crippen molar-refractivity contribution < 1.29 is 14.3 Å². The number of ether oxygens (including phenoxy) is 1. The number of benzene rings is 2. The lowest BCUT2D eigenvalue weighted by atomic mass is 10.1. The van der Waals surface area contributed by atoms with Gasteiger partial charge < -0.3 is 20.7 Å². The van der Waals surface area contributed by atoms with Gasteiger partial charge in [0.25, 0.3) is 5.91 Å². The number of fused-ring (bicyclic) bond motifs is 1. The molecule has 3 rings (SSSR count). The van der Waals surface area contributed by atoms with E-state index in [1.54, 1.807) is 29.2 Å². The Bertz CT molecular complexity index is 797. The molecule has 2 aromatic rings. The van der Waals surface area contributed by atoms with Crippen molar-refractivity contribution in [3.8, 4) is 0 Å². The largest absolute Gasteiger partial charge is 0.383 e. The zero-order valence-electron chi connectivity index (χ0n) is 14.5. The molecule has 0 spiro atoms. The Kier molecular flexibility index (Phi) is 6.74. The van der Waals surface area contributed by atoms with Gasteiger partial charge in [-0.15, -0.1) is 12.4 Å². The second kappa shape index (κ2) is 8.80. The number of para-hydroxylation sites is 1. The smallest absolute Gasteiger partial charge is 0.258 e. The molecule has 1 aliphatic rings. The molecule has 7 heteroatoms. The van der Waals surface area contributed by atoms with Gasteiger partial charge in [0, 0.05) is 30.6 Å². The molecule has 138 valence electrons. The summed E-state index contributed by atoms with van der Waals surface area (Å²) in [6.07, 6.45) is 0.851. The monoisotopic (exact) mass is 375 g/mol. The van der Waals surface area contributed by atoms with Gasteiger partial charge in [-0.3, -0.25) is 9.59 Å². The average Bonchev–Trinajstić information content (AvgIpc) is 3.05. The summed E-state index contributed by atoms with van der Waals surface area (Å²) < 4.78 is 4.88. The highest BCUT2D eigenvalue weighted by molar-refractivity contribution is 6.08. The minimum Gasteiger partial charge on any atom is -0.383 e. The van der Waals surface area contributed by atoms with E-state index >= 15 is 0 Å². The van der Waals surface area contributed by atoms with E-state index < -0.39 is 6.04 Å². The van der Waals surface area contributed by atoms with Gasteiger partial charge in [-0.05, 0) is 36.2 Å². The third-order valence-corrected chi connectivity index (χ3v) is 4.19. The quantitative estimate of drug-likeness (QED) is 0.839. The van der Waals surface area contributed by atoms with Crippen molar-refractivity contribution in [2.45, 2.75) is 12.5 Å². The zero-order valence-corrected chi connectivity index (χ0v) is 15.3. The molecule has 1 heterocycles. The number of amides is 2. The van der Waals surface area contributed by atoms with Gasteiger partial charge in [-0.2, -0.15) is 0 Å². The number of carbonyl (C=O) groups excluding carboxylic acids is 2. The van der Waals surface area contributed by atoms with Gasteiger partial charge in [-0.1, -0.05) is 24.3 Å². The van der Waals surface area contributed by atoms with Crippen molar-refractivity contribution in [1.29, 1.82) is 0 Å². The number of methoxy groups -OCH3 is 1. The van der Waals surface area contributed by atoms with Gasteiger partial charge >= 0.3 is 0 Å². The molecule has 0 fully saturated rings. The third-order valence-electron chi connectivity index (χ3n) is 4.19. The molecule has 3 N–H and O–H groups in total. The zero-order chi connectivity index (χ0) is 17.8. The van der Waals surface area contributed by atoms with E-state index in [4.69, 9.17) is 10.5 Å². The Morgan fingerprint density at radius 3 is 2.77 bits per heavy atom. The van der Waals surface area contributed by atoms with E-state index in [-0.39, 0.29) is 30.8 Å². The van der Waals surface area contributed by atoms with E-state index in [1.165, 1.54) is 12.7 Å². The van der Waals surface area contributed by atoms with Crippen LogP contribution in [0.2, 0.25) is 0 Å². The lowest BCUT2D eigenvalue weighted by Crippen LogP contribution is -2.39. The van der Waals surface area contributed by atoms with Gasteiger partial charge in [0.05, 0.1) is 6.61 Å². The van der Waals surface area contributed by atoms with Crippen molar-refractivity contribution in [3.05, 3.63) is 59.7 Å². The Morgan fingerprint density at radius 1 is 1.23 bits per heavy atom. The molecule has 1 atom stereocenters. The number of nitrogens with one attached hydrogen (secondary N) is 1. The summed E-state index contributed by atoms with van der Waals surface area (Å²) in [6, 6.07) is 14.0. The highest BCUT2D eigenvalue weighted by Gasteiger charge is 2.25. The first-order chi connectivity index (χ1) is 12.1. The second-order valence-corrected chi connectivity index (χ2v) is 5.97. The molecule has 6 nitrogen and oxygen atoms in total. The first-order valence-electron chi connectivity index (χ1n) is 8.15. The summed E-state index contributed by atoms with van der Waals surface area (Å²) >= 11 is 0. The van der Waals surface area contributed by atoms with Gasteiger partial charge in [0.2, 0.25) is 5.91 Å². The fraction of sp³-hybridized carbons (Fsp3) is 0.263. The van der Waals surface area contributed by atoms with E-state index in [0.29, 0.717) is 17.8 Å². The summed E-state index contributed by atoms with van der Waals surface area (Å²) in [5, 5.41) is 2.72. The van der Waals surface area contributed by atoms with Crippen LogP contribution in [-0.2, 0) is 16.0 Å². The third kappa shape index (κ3) is 4.22. The summed E-state index contributed by atoms with van der Waals surface area (Å²) in [7, 11) is 1.49. The molecule has 1 aliphatic heterocycles. The molecular weight excluding hydrogens is 354 g/mol. The van der Waals surface area contributed by atoms with Crippen molar-refractivity contribution in [2.75, 3.05) is 30.5 Å². The number of nitrogens with zero attached hydrogens (tertiary/aromatic N) is 1. The number of nitrogens with two attached hydrogens (primary N) is 1. The average molecular weight is 376 g/mol. The van der Waals surface area contributed by atoms with E-state index in [1.807, 2.05) is 24.3 Å². The van der Waals surface area contributed by atoms with E-state index in [9.17, 15) is 9.59 Å². The minimum atomic E-state index is -0.755. The highest BCUT2D eigenvalue weighted by atomic mass is 35.5. The maximum atomic E-state index is 12.9. The van der Waals surface area contributed by atoms with Crippen LogP contribution in [0.15, 0.2) is 48.5 Å². The van der Waals surface area contributed by atoms with Crippen LogP contribution in [0.4, 0.5) is 11.4 Å². The van der Waals surface area contributed by atoms with E-state index in [0.717, 1.165) is 12.1 Å². The minimum absolute atomic E-state index is 0. The Morgan fingerprint density at radius 2 is 2.00 bits per heavy atom. The fourth-order valence-corrected chi connectivity index (χ4v) is 2.93. The number of halogens is 1. The standard InChI is InChI=1S/C19H21N3O3.ClH/c1-25-12-16(20)18(23)21-15-7-4-6-14(11-15)19(24)22-10-9-13-5-2-3-8-17(13)22;/h2-8,11,16H,9-10,12,20H2,1H3,(H,21,23);1H. The fourth-order valence-electron chi connectivity index (χ4n) is 2.93. The Labute approximate surface area is 158 Å². The summed E-state index contributed by atoms with van der Waals surface area (Å²) in [4.78, 5) is 26.6. The van der Waals surface area contributed by atoms with Crippen LogP contribution in [0.3, 0.4) is 0 Å². The van der Waals surface area contributed by atoms with Crippen molar-refractivity contribution in [3.63, 3.8) is 0 Å². The molecule has 0 aliphatic carbocycles. The highest BCUT2D eigenvalue weighted by Crippen LogP contribution is 2.29. The molecule has 1 unspecified atom stereocenters. The van der Waals surface area contributed by atoms with Crippen LogP contribution in [-0.4, -0.2) is 38.1 Å². The van der Waals surface area contributed by atoms with Gasteiger partial charge in [0.15, 0.2) is 0 Å². The van der Waals surface area contributed by atoms with Gasteiger partial charge in [-0.25, -0.2) is 0 Å². The van der Waals surface area contributed by atoms with Crippen LogP contribution in [0, 0.1) is 0 Å². The molecule has 2 aromatic carbocycles. The van der Waals surface area contributed by atoms with Crippen LogP contribution < -0.4 is 16.0 Å². The second-order valence-electron chi connectivity index (χ2n) is 5.97. The number of carbonyl (C=O) groups is 2. The predicted octanol–water partition coefficient (Wildman–Crippen LogP) is 2.22. The normalized spacial score (nSPS) is 13.5. The topological polar surface area (TPSA) is 84.7 Å². The molecule has 26 heavy (non-hydrogen) atoms. The molecule has 0 bridgehead atoms. The van der Waals surface area contributed by atoms with Crippen LogP contribution in [0.1, 0.15) is 15.9 Å². The summed E-state index contributed by atoms with van der Waals surface area (Å²) in [5.41, 5.74) is 8.89. The molecule has 0 aromatic heterocycles. The SMILES string of the molecule is COCC(N)C(=O)Nc1cccc(C(=O)N2CCc3ccccc32)c1.Cl. The number of hydrogen-bond acceptors (Lipinski definition) is 4. The lowest BCUT2D eigenvalue weighted by molar-refractivity contribution is -0.118. The molecule has 0 saturated heterocycles. The molecular formula is C19H22ClN3O3. The molecule has 0 saturated carbocycles. The number of rotatable bonds is 5. The maximum absolute atomic E-state index is 12.9. The number of hydrogen-bond donors (Lipinski definition) is 2. The molecule has 2 amide bonds. The van der Waals surface area contributed by atoms with Crippen LogP contribution >= 0.6 is 12.4 Å². The van der Waals surface area contributed by atoms with E-state index in [2.05, 4.69) is 5.32 Å². The van der Waals surface area contributed by atoms with Crippen LogP contribution in [0.5, 0.6) is 0 Å². The predicted molar refractivity (Wildman–Crippen MR) is 104 cm³/mol. The Balaban J connectivity index is 0.00000243. The lowest BCUT2D eigenvalue weighted by Gasteiger charge is -2.18. The summed E-state index contributed by atoms with van der Waals surface area (Å²) in [6.45, 7) is 0.794. The maximum Gasteiger partial charge on any atom is 0.258 e. The van der Waals surface area contributed by atoms with Gasteiger partial charge in [0.1, 0.15) is 6.04 Å². The molecule has 0 radical (unpaired) electrons. The summed E-state index contributed by atoms with van der Waals surface area (Å²) in [5.74, 6) is -0.430. The van der Waals surface area contributed by atoms with Crippen molar-refractivity contribution in [1.82, 2.24) is 0 Å².